The van der Waals surface area contributed by atoms with Crippen LogP contribution < -0.4 is 0 Å². The van der Waals surface area contributed by atoms with Crippen LogP contribution in [0.25, 0.3) is 0 Å². The molecule has 0 aromatic carbocycles. The fourth-order valence-electron chi connectivity index (χ4n) is 4.65. The Hall–Kier alpha value is 0. The lowest BCUT2D eigenvalue weighted by atomic mass is 9.43. The SMILES string of the molecule is CCCC(C(C)CC)C1(C(C)C)CC(C)C1C. The first-order chi connectivity index (χ1) is 7.91. The molecule has 0 heteroatoms. The predicted molar refractivity (Wildman–Crippen MR) is 78.1 cm³/mol. The van der Waals surface area contributed by atoms with Crippen LogP contribution in [0.2, 0.25) is 0 Å². The van der Waals surface area contributed by atoms with Gasteiger partial charge in [-0.2, -0.15) is 0 Å². The molecule has 1 saturated carbocycles. The highest BCUT2D eigenvalue weighted by molar-refractivity contribution is 5.04. The van der Waals surface area contributed by atoms with Crippen molar-refractivity contribution in [3.8, 4) is 0 Å². The Balaban J connectivity index is 2.95. The van der Waals surface area contributed by atoms with Gasteiger partial charge in [0.15, 0.2) is 0 Å². The molecule has 1 aliphatic carbocycles. The topological polar surface area (TPSA) is 0 Å². The molecule has 0 aromatic rings. The summed E-state index contributed by atoms with van der Waals surface area (Å²) in [6, 6.07) is 0. The van der Waals surface area contributed by atoms with Gasteiger partial charge in [0.1, 0.15) is 0 Å². The monoisotopic (exact) mass is 238 g/mol. The van der Waals surface area contributed by atoms with Gasteiger partial charge in [0.05, 0.1) is 0 Å². The Bertz CT molecular complexity index is 230. The van der Waals surface area contributed by atoms with E-state index in [-0.39, 0.29) is 0 Å². The molecule has 17 heavy (non-hydrogen) atoms. The fraction of sp³-hybridized carbons (Fsp3) is 1.00. The van der Waals surface area contributed by atoms with E-state index < -0.39 is 0 Å². The molecule has 1 fully saturated rings. The molecule has 5 unspecified atom stereocenters. The molecule has 0 spiro atoms. The minimum atomic E-state index is 0.644. The van der Waals surface area contributed by atoms with Gasteiger partial charge >= 0.3 is 0 Å². The Morgan fingerprint density at radius 1 is 1.12 bits per heavy atom. The summed E-state index contributed by atoms with van der Waals surface area (Å²) in [6.45, 7) is 17.1. The quantitative estimate of drug-likeness (QED) is 0.551. The second-order valence-corrected chi connectivity index (χ2v) is 7.02. The molecular formula is C17H34. The van der Waals surface area contributed by atoms with Crippen LogP contribution in [0.1, 0.15) is 74.1 Å². The summed E-state index contributed by atoms with van der Waals surface area (Å²) in [4.78, 5) is 0. The lowest BCUT2D eigenvalue weighted by Crippen LogP contribution is -2.55. The van der Waals surface area contributed by atoms with Crippen molar-refractivity contribution in [3.05, 3.63) is 0 Å². The first-order valence-corrected chi connectivity index (χ1v) is 7.91. The van der Waals surface area contributed by atoms with E-state index in [2.05, 4.69) is 48.5 Å². The number of hydrogen-bond acceptors (Lipinski definition) is 0. The van der Waals surface area contributed by atoms with Crippen LogP contribution in [0.15, 0.2) is 0 Å². The summed E-state index contributed by atoms with van der Waals surface area (Å²) >= 11 is 0. The lowest BCUT2D eigenvalue weighted by molar-refractivity contribution is -0.130. The first-order valence-electron chi connectivity index (χ1n) is 7.91. The third kappa shape index (κ3) is 2.42. The van der Waals surface area contributed by atoms with Crippen molar-refractivity contribution in [2.75, 3.05) is 0 Å². The number of rotatable bonds is 6. The van der Waals surface area contributed by atoms with Gasteiger partial charge in [0.2, 0.25) is 0 Å². The van der Waals surface area contributed by atoms with Crippen molar-refractivity contribution in [1.29, 1.82) is 0 Å². The van der Waals surface area contributed by atoms with Gasteiger partial charge in [0, 0.05) is 0 Å². The van der Waals surface area contributed by atoms with E-state index >= 15 is 0 Å². The average Bonchev–Trinajstić information content (AvgIpc) is 2.31. The maximum absolute atomic E-state index is 2.51. The van der Waals surface area contributed by atoms with Crippen molar-refractivity contribution < 1.29 is 0 Å². The summed E-state index contributed by atoms with van der Waals surface area (Å²) < 4.78 is 0. The summed E-state index contributed by atoms with van der Waals surface area (Å²) in [5, 5.41) is 0. The minimum absolute atomic E-state index is 0.644. The third-order valence-corrected chi connectivity index (χ3v) is 6.07. The van der Waals surface area contributed by atoms with Crippen molar-refractivity contribution in [1.82, 2.24) is 0 Å². The van der Waals surface area contributed by atoms with Crippen molar-refractivity contribution in [2.24, 2.45) is 35.0 Å². The van der Waals surface area contributed by atoms with Gasteiger partial charge in [-0.1, -0.05) is 61.3 Å². The average molecular weight is 238 g/mol. The lowest BCUT2D eigenvalue weighted by Gasteiger charge is -2.61. The second kappa shape index (κ2) is 5.76. The van der Waals surface area contributed by atoms with Gasteiger partial charge in [-0.05, 0) is 47.8 Å². The highest BCUT2D eigenvalue weighted by atomic mass is 14.6. The van der Waals surface area contributed by atoms with Crippen LogP contribution in [0.3, 0.4) is 0 Å². The molecule has 102 valence electrons. The molecular weight excluding hydrogens is 204 g/mol. The highest BCUT2D eigenvalue weighted by Crippen LogP contribution is 2.62. The summed E-state index contributed by atoms with van der Waals surface area (Å²) in [6.07, 6.45) is 5.61. The predicted octanol–water partition coefficient (Wildman–Crippen LogP) is 5.77. The Morgan fingerprint density at radius 3 is 2.00 bits per heavy atom. The molecule has 0 aliphatic heterocycles. The molecule has 0 radical (unpaired) electrons. The van der Waals surface area contributed by atoms with Crippen molar-refractivity contribution in [3.63, 3.8) is 0 Å². The first kappa shape index (κ1) is 15.1. The fourth-order valence-corrected chi connectivity index (χ4v) is 4.65. The van der Waals surface area contributed by atoms with Crippen LogP contribution >= 0.6 is 0 Å². The van der Waals surface area contributed by atoms with Gasteiger partial charge in [-0.15, -0.1) is 0 Å². The summed E-state index contributed by atoms with van der Waals surface area (Å²) in [5.74, 6) is 4.56. The van der Waals surface area contributed by atoms with Crippen LogP contribution in [-0.4, -0.2) is 0 Å². The molecule has 0 nitrogen and oxygen atoms in total. The zero-order chi connectivity index (χ0) is 13.2. The van der Waals surface area contributed by atoms with E-state index in [4.69, 9.17) is 0 Å². The van der Waals surface area contributed by atoms with Crippen LogP contribution in [-0.2, 0) is 0 Å². The van der Waals surface area contributed by atoms with Gasteiger partial charge in [0.25, 0.3) is 0 Å². The van der Waals surface area contributed by atoms with Gasteiger partial charge in [-0.3, -0.25) is 0 Å². The molecule has 0 saturated heterocycles. The molecule has 1 rings (SSSR count). The smallest absolute Gasteiger partial charge is 0.0213 e. The largest absolute Gasteiger partial charge is 0.0654 e. The molecule has 0 aromatic heterocycles. The second-order valence-electron chi connectivity index (χ2n) is 7.02. The van der Waals surface area contributed by atoms with Crippen LogP contribution in [0, 0.1) is 35.0 Å². The van der Waals surface area contributed by atoms with E-state index in [9.17, 15) is 0 Å². The van der Waals surface area contributed by atoms with Gasteiger partial charge < -0.3 is 0 Å². The standard InChI is InChI=1S/C17H34/c1-8-10-16(13(5)9-2)17(12(3)4)11-14(6)15(17)7/h12-16H,8-11H2,1-7H3. The molecule has 5 atom stereocenters. The summed E-state index contributed by atoms with van der Waals surface area (Å²) in [5.41, 5.74) is 0.644. The van der Waals surface area contributed by atoms with Crippen molar-refractivity contribution >= 4 is 0 Å². The summed E-state index contributed by atoms with van der Waals surface area (Å²) in [7, 11) is 0. The normalized spacial score (nSPS) is 36.7. The third-order valence-electron chi connectivity index (χ3n) is 6.07. The maximum Gasteiger partial charge on any atom is -0.0213 e. The van der Waals surface area contributed by atoms with Crippen LogP contribution in [0.5, 0.6) is 0 Å². The van der Waals surface area contributed by atoms with Crippen LogP contribution in [0.4, 0.5) is 0 Å². The Morgan fingerprint density at radius 2 is 1.71 bits per heavy atom. The number of hydrogen-bond donors (Lipinski definition) is 0. The van der Waals surface area contributed by atoms with Gasteiger partial charge in [-0.25, -0.2) is 0 Å². The zero-order valence-corrected chi connectivity index (χ0v) is 13.2. The molecule has 0 bridgehead atoms. The molecule has 0 heterocycles. The van der Waals surface area contributed by atoms with E-state index in [0.29, 0.717) is 5.41 Å². The van der Waals surface area contributed by atoms with E-state index in [1.54, 1.807) is 0 Å². The molecule has 1 aliphatic rings. The van der Waals surface area contributed by atoms with E-state index in [0.717, 1.165) is 29.6 Å². The van der Waals surface area contributed by atoms with E-state index in [1.807, 2.05) is 0 Å². The Labute approximate surface area is 110 Å². The maximum atomic E-state index is 2.51. The van der Waals surface area contributed by atoms with E-state index in [1.165, 1.54) is 25.7 Å². The van der Waals surface area contributed by atoms with Crippen molar-refractivity contribution in [2.45, 2.75) is 74.1 Å². The molecule has 0 N–H and O–H groups in total. The Kier molecular flexibility index (Phi) is 5.10. The minimum Gasteiger partial charge on any atom is -0.0654 e. The highest BCUT2D eigenvalue weighted by Gasteiger charge is 2.55. The molecule has 0 amide bonds. The zero-order valence-electron chi connectivity index (χ0n) is 13.2.